The highest BCUT2D eigenvalue weighted by molar-refractivity contribution is 8.13. The minimum atomic E-state index is -0.0574. The maximum atomic E-state index is 7.37. The van der Waals surface area contributed by atoms with Crippen LogP contribution in [0.3, 0.4) is 0 Å². The molecule has 5 N–H and O–H groups in total. The van der Waals surface area contributed by atoms with Gasteiger partial charge in [-0.15, -0.1) is 0 Å². The summed E-state index contributed by atoms with van der Waals surface area (Å²) in [6.45, 7) is 0. The molecule has 0 bridgehead atoms. The summed E-state index contributed by atoms with van der Waals surface area (Å²) in [6.07, 6.45) is 0.941. The second-order valence-electron chi connectivity index (χ2n) is 2.57. The monoisotopic (exact) mass is 228 g/mol. The van der Waals surface area contributed by atoms with Crippen molar-refractivity contribution in [3.63, 3.8) is 0 Å². The van der Waals surface area contributed by atoms with Gasteiger partial charge in [0.2, 0.25) is 0 Å². The maximum absolute atomic E-state index is 7.37. The molecule has 1 rings (SSSR count). The van der Waals surface area contributed by atoms with Gasteiger partial charge in [-0.2, -0.15) is 16.3 Å². The summed E-state index contributed by atoms with van der Waals surface area (Å²) in [5.41, 5.74) is 11.6. The molecule has 76 valence electrons. The van der Waals surface area contributed by atoms with E-state index in [1.165, 1.54) is 17.3 Å². The number of aliphatic imine (C=N–C) groups is 1. The highest BCUT2D eigenvalue weighted by Gasteiger charge is 1.97. The Kier molecular flexibility index (Phi) is 4.48. The van der Waals surface area contributed by atoms with Crippen molar-refractivity contribution in [1.82, 2.24) is 0 Å². The van der Waals surface area contributed by atoms with Gasteiger partial charge in [-0.3, -0.25) is 5.41 Å². The zero-order valence-corrected chi connectivity index (χ0v) is 9.20. The zero-order chi connectivity index (χ0) is 10.4. The number of nitrogens with two attached hydrogens (primary N) is 2. The average molecular weight is 228 g/mol. The summed E-state index contributed by atoms with van der Waals surface area (Å²) in [7, 11) is 0. The lowest BCUT2D eigenvalue weighted by Gasteiger charge is -1.97. The fourth-order valence-electron chi connectivity index (χ4n) is 0.850. The predicted octanol–water partition coefficient (Wildman–Crippen LogP) is 1.23. The van der Waals surface area contributed by atoms with Crippen LogP contribution < -0.4 is 11.5 Å². The summed E-state index contributed by atoms with van der Waals surface area (Å²) in [4.78, 5) is 3.62. The van der Waals surface area contributed by atoms with Crippen molar-refractivity contribution in [1.29, 1.82) is 5.41 Å². The van der Waals surface area contributed by atoms with Crippen LogP contribution in [0, 0.1) is 5.41 Å². The van der Waals surface area contributed by atoms with E-state index in [1.54, 1.807) is 11.3 Å². The van der Waals surface area contributed by atoms with Crippen LogP contribution in [0.4, 0.5) is 0 Å². The average Bonchev–Trinajstić information content (AvgIpc) is 2.55. The smallest absolute Gasteiger partial charge is 0.193 e. The molecule has 1 heterocycles. The Hall–Kier alpha value is -1.01. The van der Waals surface area contributed by atoms with Gasteiger partial charge in [0.25, 0.3) is 0 Å². The highest BCUT2D eigenvalue weighted by atomic mass is 32.2. The first-order valence-electron chi connectivity index (χ1n) is 4.00. The molecule has 1 aromatic heterocycles. The van der Waals surface area contributed by atoms with Gasteiger partial charge in [0.05, 0.1) is 0 Å². The molecule has 6 heteroatoms. The first kappa shape index (κ1) is 11.1. The Morgan fingerprint density at radius 3 is 2.93 bits per heavy atom. The van der Waals surface area contributed by atoms with Gasteiger partial charge in [-0.1, -0.05) is 11.8 Å². The number of thioether (sulfide) groups is 1. The SMILES string of the molecule is N=C(N=C(N)N)SCCc1ccsc1. The maximum Gasteiger partial charge on any atom is 0.193 e. The third kappa shape index (κ3) is 4.29. The van der Waals surface area contributed by atoms with Crippen LogP contribution in [0.25, 0.3) is 0 Å². The normalized spacial score (nSPS) is 9.71. The molecule has 0 aromatic carbocycles. The van der Waals surface area contributed by atoms with Gasteiger partial charge in [0.15, 0.2) is 11.1 Å². The molecule has 1 aromatic rings. The van der Waals surface area contributed by atoms with Crippen molar-refractivity contribution in [3.05, 3.63) is 22.4 Å². The van der Waals surface area contributed by atoms with E-state index in [4.69, 9.17) is 16.9 Å². The van der Waals surface area contributed by atoms with Crippen LogP contribution in [-0.4, -0.2) is 16.9 Å². The van der Waals surface area contributed by atoms with Gasteiger partial charge in [-0.25, -0.2) is 0 Å². The molecular weight excluding hydrogens is 216 g/mol. The van der Waals surface area contributed by atoms with Crippen LogP contribution in [0.5, 0.6) is 0 Å². The largest absolute Gasteiger partial charge is 0.370 e. The lowest BCUT2D eigenvalue weighted by Crippen LogP contribution is -2.23. The van der Waals surface area contributed by atoms with Gasteiger partial charge in [0.1, 0.15) is 0 Å². The summed E-state index contributed by atoms with van der Waals surface area (Å²) >= 11 is 3.02. The molecular formula is C8H12N4S2. The number of hydrogen-bond acceptors (Lipinski definition) is 3. The third-order valence-corrected chi connectivity index (χ3v) is 2.95. The lowest BCUT2D eigenvalue weighted by atomic mass is 10.3. The Morgan fingerprint density at radius 1 is 1.57 bits per heavy atom. The minimum absolute atomic E-state index is 0.0574. The molecule has 0 fully saturated rings. The molecule has 0 aliphatic rings. The molecule has 14 heavy (non-hydrogen) atoms. The van der Waals surface area contributed by atoms with E-state index in [0.29, 0.717) is 0 Å². The molecule has 0 spiro atoms. The van der Waals surface area contributed by atoms with E-state index in [9.17, 15) is 0 Å². The number of amidine groups is 1. The first-order chi connectivity index (χ1) is 6.68. The molecule has 0 atom stereocenters. The van der Waals surface area contributed by atoms with E-state index < -0.39 is 0 Å². The van der Waals surface area contributed by atoms with Crippen LogP contribution in [0.1, 0.15) is 5.56 Å². The van der Waals surface area contributed by atoms with E-state index in [-0.39, 0.29) is 11.1 Å². The predicted molar refractivity (Wildman–Crippen MR) is 64.0 cm³/mol. The number of rotatable bonds is 3. The second kappa shape index (κ2) is 5.66. The Morgan fingerprint density at radius 2 is 2.36 bits per heavy atom. The molecule has 0 saturated carbocycles. The summed E-state index contributed by atoms with van der Waals surface area (Å²) in [5.74, 6) is 0.768. The Labute approximate surface area is 90.9 Å². The molecule has 0 aliphatic heterocycles. The van der Waals surface area contributed by atoms with Crippen molar-refractivity contribution < 1.29 is 0 Å². The number of guanidine groups is 1. The topological polar surface area (TPSA) is 88.2 Å². The number of thiophene rings is 1. The van der Waals surface area contributed by atoms with E-state index in [2.05, 4.69) is 16.4 Å². The van der Waals surface area contributed by atoms with Gasteiger partial charge in [-0.05, 0) is 28.8 Å². The van der Waals surface area contributed by atoms with Crippen molar-refractivity contribution in [2.24, 2.45) is 16.5 Å². The van der Waals surface area contributed by atoms with E-state index >= 15 is 0 Å². The van der Waals surface area contributed by atoms with Crippen molar-refractivity contribution in [3.8, 4) is 0 Å². The fraction of sp³-hybridized carbons (Fsp3) is 0.250. The molecule has 0 amide bonds. The second-order valence-corrected chi connectivity index (χ2v) is 4.44. The number of nitrogens with one attached hydrogen (secondary N) is 1. The van der Waals surface area contributed by atoms with Crippen molar-refractivity contribution in [2.75, 3.05) is 5.75 Å². The zero-order valence-electron chi connectivity index (χ0n) is 7.56. The van der Waals surface area contributed by atoms with Crippen LogP contribution >= 0.6 is 23.1 Å². The van der Waals surface area contributed by atoms with Gasteiger partial charge < -0.3 is 11.5 Å². The van der Waals surface area contributed by atoms with E-state index in [0.717, 1.165) is 12.2 Å². The summed E-state index contributed by atoms with van der Waals surface area (Å²) < 4.78 is 0. The van der Waals surface area contributed by atoms with Crippen LogP contribution in [-0.2, 0) is 6.42 Å². The molecule has 0 radical (unpaired) electrons. The van der Waals surface area contributed by atoms with E-state index in [1.807, 2.05) is 5.38 Å². The number of nitrogens with zero attached hydrogens (tertiary/aromatic N) is 1. The highest BCUT2D eigenvalue weighted by Crippen LogP contribution is 2.11. The quantitative estimate of drug-likeness (QED) is 0.537. The third-order valence-electron chi connectivity index (χ3n) is 1.44. The number of aryl methyl sites for hydroxylation is 1. The Bertz CT molecular complexity index is 314. The van der Waals surface area contributed by atoms with Crippen molar-refractivity contribution in [2.45, 2.75) is 6.42 Å². The first-order valence-corrected chi connectivity index (χ1v) is 5.93. The Balaban J connectivity index is 2.22. The molecule has 0 unspecified atom stereocenters. The fourth-order valence-corrected chi connectivity index (χ4v) is 2.25. The van der Waals surface area contributed by atoms with Gasteiger partial charge >= 0.3 is 0 Å². The minimum Gasteiger partial charge on any atom is -0.370 e. The molecule has 4 nitrogen and oxygen atoms in total. The summed E-state index contributed by atoms with van der Waals surface area (Å²) in [5, 5.41) is 11.7. The van der Waals surface area contributed by atoms with Gasteiger partial charge in [0, 0.05) is 5.75 Å². The number of hydrogen-bond donors (Lipinski definition) is 3. The summed E-state index contributed by atoms with van der Waals surface area (Å²) in [6, 6.07) is 2.08. The lowest BCUT2D eigenvalue weighted by molar-refractivity contribution is 1.18. The van der Waals surface area contributed by atoms with Crippen LogP contribution in [0.15, 0.2) is 21.8 Å². The van der Waals surface area contributed by atoms with Crippen LogP contribution in [0.2, 0.25) is 0 Å². The molecule has 0 aliphatic carbocycles. The van der Waals surface area contributed by atoms with Crippen molar-refractivity contribution >= 4 is 34.2 Å². The standard InChI is InChI=1S/C8H12N4S2/c9-7(10)12-8(11)14-4-2-6-1-3-13-5-6/h1,3,5H,2,4H2,(H5,9,10,11,12). The molecule has 0 saturated heterocycles.